The maximum absolute atomic E-state index is 11.9. The van der Waals surface area contributed by atoms with Crippen molar-refractivity contribution in [2.24, 2.45) is 0 Å². The van der Waals surface area contributed by atoms with Crippen LogP contribution in [0.1, 0.15) is 0 Å². The molecule has 3 aromatic rings. The minimum absolute atomic E-state index is 0.0128. The van der Waals surface area contributed by atoms with Crippen LogP contribution in [0, 0.1) is 0 Å². The van der Waals surface area contributed by atoms with Gasteiger partial charge in [0.1, 0.15) is 23.7 Å². The van der Waals surface area contributed by atoms with E-state index in [4.69, 9.17) is 21.5 Å². The van der Waals surface area contributed by atoms with Crippen LogP contribution < -0.4 is 15.4 Å². The van der Waals surface area contributed by atoms with Gasteiger partial charge in [0.05, 0.1) is 10.6 Å². The van der Waals surface area contributed by atoms with E-state index in [-0.39, 0.29) is 16.3 Å². The number of phenolic OH excluding ortho intramolecular Hbond substituents is 1. The van der Waals surface area contributed by atoms with Gasteiger partial charge in [-0.3, -0.25) is 0 Å². The molecule has 1 aromatic heterocycles. The van der Waals surface area contributed by atoms with Crippen LogP contribution in [0.25, 0.3) is 0 Å². The molecule has 3 rings (SSSR count). The molecule has 0 unspecified atom stereocenters. The molecule has 1 heterocycles. The Kier molecular flexibility index (Phi) is 8.62. The molecule has 0 radical (unpaired) electrons. The maximum atomic E-state index is 11.9. The standard InChI is InChI=1S/C17H16ClN5O3S.C2HF3O2/c1-19-27(25,26)13-6-7-15(24)14(8-13)23-17-9-16(20-10-21-17)22-12-4-2-11(18)3-5-12;3-2(4,5)1(6)7/h2-10,19,24H,1H3,(H2,20,21,22,23);(H,6,7). The number of halogens is 4. The molecule has 5 N–H and O–H groups in total. The Balaban J connectivity index is 0.000000509. The van der Waals surface area contributed by atoms with Gasteiger partial charge in [0.15, 0.2) is 0 Å². The van der Waals surface area contributed by atoms with Crippen molar-refractivity contribution < 1.29 is 36.6 Å². The second-order valence-electron chi connectivity index (χ2n) is 6.23. The van der Waals surface area contributed by atoms with E-state index in [0.717, 1.165) is 5.69 Å². The Bertz CT molecular complexity index is 1260. The zero-order chi connectivity index (χ0) is 25.5. The van der Waals surface area contributed by atoms with Crippen molar-refractivity contribution >= 4 is 50.6 Å². The van der Waals surface area contributed by atoms with Gasteiger partial charge in [-0.25, -0.2) is 27.9 Å². The summed E-state index contributed by atoms with van der Waals surface area (Å²) in [6.45, 7) is 0. The van der Waals surface area contributed by atoms with Gasteiger partial charge in [-0.2, -0.15) is 13.2 Å². The molecular weight excluding hydrogens is 503 g/mol. The maximum Gasteiger partial charge on any atom is 0.490 e. The monoisotopic (exact) mass is 519 g/mol. The van der Waals surface area contributed by atoms with Gasteiger partial charge in [-0.05, 0) is 49.5 Å². The number of hydrogen-bond acceptors (Lipinski definition) is 8. The molecule has 0 atom stereocenters. The fourth-order valence-corrected chi connectivity index (χ4v) is 3.10. The Labute approximate surface area is 196 Å². The zero-order valence-electron chi connectivity index (χ0n) is 17.1. The average molecular weight is 520 g/mol. The van der Waals surface area contributed by atoms with Crippen molar-refractivity contribution in [3.05, 3.63) is 59.9 Å². The molecule has 10 nitrogen and oxygen atoms in total. The van der Waals surface area contributed by atoms with E-state index in [2.05, 4.69) is 25.3 Å². The number of carbonyl (C=O) groups is 1. The lowest BCUT2D eigenvalue weighted by Crippen LogP contribution is -2.21. The molecule has 182 valence electrons. The van der Waals surface area contributed by atoms with Crippen molar-refractivity contribution in [3.8, 4) is 5.75 Å². The number of anilines is 4. The summed E-state index contributed by atoms with van der Waals surface area (Å²) < 4.78 is 57.8. The van der Waals surface area contributed by atoms with Gasteiger partial charge in [-0.15, -0.1) is 0 Å². The van der Waals surface area contributed by atoms with Crippen molar-refractivity contribution in [2.45, 2.75) is 11.1 Å². The number of sulfonamides is 1. The number of nitrogens with one attached hydrogen (secondary N) is 3. The zero-order valence-corrected chi connectivity index (χ0v) is 18.7. The second kappa shape index (κ2) is 11.0. The minimum atomic E-state index is -5.08. The normalized spacial score (nSPS) is 11.2. The highest BCUT2D eigenvalue weighted by atomic mass is 35.5. The van der Waals surface area contributed by atoms with Gasteiger partial charge >= 0.3 is 12.1 Å². The number of carboxylic acid groups (broad SMARTS) is 1. The number of aromatic nitrogens is 2. The summed E-state index contributed by atoms with van der Waals surface area (Å²) in [5.41, 5.74) is 0.983. The second-order valence-corrected chi connectivity index (χ2v) is 8.56. The first kappa shape index (κ1) is 26.6. The Morgan fingerprint density at radius 3 is 2.09 bits per heavy atom. The molecule has 2 aromatic carbocycles. The number of nitrogens with zero attached hydrogens (tertiary/aromatic N) is 2. The molecule has 0 saturated heterocycles. The number of hydrogen-bond donors (Lipinski definition) is 5. The Morgan fingerprint density at radius 1 is 1.00 bits per heavy atom. The topological polar surface area (TPSA) is 154 Å². The third-order valence-electron chi connectivity index (χ3n) is 3.84. The smallest absolute Gasteiger partial charge is 0.490 e. The summed E-state index contributed by atoms with van der Waals surface area (Å²) >= 11 is 5.87. The molecular formula is C19H17ClF3N5O5S. The highest BCUT2D eigenvalue weighted by molar-refractivity contribution is 7.89. The van der Waals surface area contributed by atoms with Gasteiger partial charge < -0.3 is 20.8 Å². The highest BCUT2D eigenvalue weighted by Crippen LogP contribution is 2.29. The van der Waals surface area contributed by atoms with E-state index in [9.17, 15) is 26.7 Å². The van der Waals surface area contributed by atoms with Crippen LogP contribution in [0.5, 0.6) is 5.75 Å². The first-order chi connectivity index (χ1) is 15.8. The number of phenols is 1. The Morgan fingerprint density at radius 2 is 1.56 bits per heavy atom. The lowest BCUT2D eigenvalue weighted by Gasteiger charge is -2.11. The van der Waals surface area contributed by atoms with Crippen LogP contribution in [0.15, 0.2) is 59.8 Å². The fourth-order valence-electron chi connectivity index (χ4n) is 2.21. The molecule has 0 bridgehead atoms. The van der Waals surface area contributed by atoms with Gasteiger partial charge in [0.2, 0.25) is 10.0 Å². The number of alkyl halides is 3. The third kappa shape index (κ3) is 7.75. The van der Waals surface area contributed by atoms with Crippen molar-refractivity contribution in [1.29, 1.82) is 0 Å². The quantitative estimate of drug-likeness (QED) is 0.305. The lowest BCUT2D eigenvalue weighted by atomic mass is 10.3. The highest BCUT2D eigenvalue weighted by Gasteiger charge is 2.38. The van der Waals surface area contributed by atoms with E-state index in [0.29, 0.717) is 16.7 Å². The van der Waals surface area contributed by atoms with E-state index in [1.165, 1.54) is 31.6 Å². The molecule has 0 aliphatic heterocycles. The number of aromatic hydroxyl groups is 1. The number of aliphatic carboxylic acids is 1. The largest absolute Gasteiger partial charge is 0.506 e. The van der Waals surface area contributed by atoms with E-state index < -0.39 is 22.2 Å². The molecule has 0 aliphatic carbocycles. The number of benzene rings is 2. The molecule has 34 heavy (non-hydrogen) atoms. The first-order valence-corrected chi connectivity index (χ1v) is 10.9. The number of rotatable bonds is 6. The van der Waals surface area contributed by atoms with Crippen molar-refractivity contribution in [3.63, 3.8) is 0 Å². The van der Waals surface area contributed by atoms with Gasteiger partial charge in [0.25, 0.3) is 0 Å². The van der Waals surface area contributed by atoms with Crippen LogP contribution in [0.3, 0.4) is 0 Å². The fraction of sp³-hybridized carbons (Fsp3) is 0.105. The van der Waals surface area contributed by atoms with Crippen LogP contribution in [-0.2, 0) is 14.8 Å². The van der Waals surface area contributed by atoms with Crippen molar-refractivity contribution in [1.82, 2.24) is 14.7 Å². The summed E-state index contributed by atoms with van der Waals surface area (Å²) in [6, 6.07) is 12.6. The predicted octanol–water partition coefficient (Wildman–Crippen LogP) is 3.86. The van der Waals surface area contributed by atoms with Crippen LogP contribution >= 0.6 is 11.6 Å². The van der Waals surface area contributed by atoms with Crippen LogP contribution in [-0.4, -0.2) is 47.8 Å². The van der Waals surface area contributed by atoms with E-state index in [1.54, 1.807) is 30.3 Å². The molecule has 0 fully saturated rings. The summed E-state index contributed by atoms with van der Waals surface area (Å²) in [4.78, 5) is 17.1. The Hall–Kier alpha value is -3.62. The lowest BCUT2D eigenvalue weighted by molar-refractivity contribution is -0.192. The van der Waals surface area contributed by atoms with Crippen LogP contribution in [0.4, 0.5) is 36.2 Å². The molecule has 0 amide bonds. The van der Waals surface area contributed by atoms with Crippen molar-refractivity contribution in [2.75, 3.05) is 17.7 Å². The molecule has 0 aliphatic rings. The molecule has 0 saturated carbocycles. The van der Waals surface area contributed by atoms with E-state index in [1.807, 2.05) is 0 Å². The molecule has 0 spiro atoms. The first-order valence-electron chi connectivity index (χ1n) is 9.00. The summed E-state index contributed by atoms with van der Waals surface area (Å²) in [6.07, 6.45) is -3.74. The summed E-state index contributed by atoms with van der Waals surface area (Å²) in [7, 11) is -2.33. The van der Waals surface area contributed by atoms with E-state index >= 15 is 0 Å². The minimum Gasteiger partial charge on any atom is -0.506 e. The SMILES string of the molecule is CNS(=O)(=O)c1ccc(O)c(Nc2cc(Nc3ccc(Cl)cc3)ncn2)c1.O=C(O)C(F)(F)F. The van der Waals surface area contributed by atoms with Gasteiger partial charge in [-0.1, -0.05) is 11.6 Å². The number of carboxylic acids is 1. The summed E-state index contributed by atoms with van der Waals surface area (Å²) in [5, 5.41) is 23.8. The third-order valence-corrected chi connectivity index (χ3v) is 5.50. The predicted molar refractivity (Wildman–Crippen MR) is 118 cm³/mol. The van der Waals surface area contributed by atoms with Crippen LogP contribution in [0.2, 0.25) is 5.02 Å². The average Bonchev–Trinajstić information content (AvgIpc) is 2.77. The van der Waals surface area contributed by atoms with Gasteiger partial charge in [0, 0.05) is 16.8 Å². The molecule has 15 heteroatoms. The summed E-state index contributed by atoms with van der Waals surface area (Å²) in [5.74, 6) is -1.99.